The summed E-state index contributed by atoms with van der Waals surface area (Å²) in [6.07, 6.45) is 5.39. The van der Waals surface area contributed by atoms with Crippen molar-refractivity contribution in [2.24, 2.45) is 11.1 Å². The maximum Gasteiger partial charge on any atom is 0.238 e. The van der Waals surface area contributed by atoms with Gasteiger partial charge in [-0.2, -0.15) is 0 Å². The fourth-order valence-electron chi connectivity index (χ4n) is 4.30. The minimum atomic E-state index is -3.70. The summed E-state index contributed by atoms with van der Waals surface area (Å²) in [6, 6.07) is 13.9. The Balaban J connectivity index is 1.64. The second-order valence-electron chi connectivity index (χ2n) is 6.96. The van der Waals surface area contributed by atoms with Crippen LogP contribution in [0.1, 0.15) is 29.5 Å². The molecule has 0 amide bonds. The van der Waals surface area contributed by atoms with Crippen LogP contribution in [0.3, 0.4) is 0 Å². The molecule has 2 aromatic carbocycles. The van der Waals surface area contributed by atoms with Crippen molar-refractivity contribution in [2.75, 3.05) is 5.32 Å². The number of thiophene rings is 1. The fourth-order valence-corrected chi connectivity index (χ4v) is 5.84. The zero-order valence-corrected chi connectivity index (χ0v) is 15.6. The van der Waals surface area contributed by atoms with Crippen molar-refractivity contribution < 1.29 is 8.42 Å². The number of nitrogens with one attached hydrogen (secondary N) is 1. The smallest absolute Gasteiger partial charge is 0.238 e. The number of hydrogen-bond acceptors (Lipinski definition) is 4. The first-order chi connectivity index (χ1) is 12.5. The van der Waals surface area contributed by atoms with Gasteiger partial charge in [0.2, 0.25) is 10.0 Å². The van der Waals surface area contributed by atoms with Crippen LogP contribution >= 0.6 is 11.3 Å². The van der Waals surface area contributed by atoms with E-state index in [4.69, 9.17) is 5.14 Å². The molecule has 0 radical (unpaired) electrons. The van der Waals surface area contributed by atoms with Crippen LogP contribution < -0.4 is 10.5 Å². The van der Waals surface area contributed by atoms with E-state index in [2.05, 4.69) is 47.1 Å². The van der Waals surface area contributed by atoms with Crippen molar-refractivity contribution in [3.63, 3.8) is 0 Å². The Morgan fingerprint density at radius 2 is 1.96 bits per heavy atom. The highest BCUT2D eigenvalue weighted by Gasteiger charge is 2.39. The molecule has 0 saturated carbocycles. The molecule has 3 aromatic rings. The van der Waals surface area contributed by atoms with E-state index in [-0.39, 0.29) is 16.9 Å². The average Bonchev–Trinajstić information content (AvgIpc) is 3.27. The minimum absolute atomic E-state index is 0.177. The highest BCUT2D eigenvalue weighted by Crippen LogP contribution is 2.51. The molecular formula is C20H18N2O2S2. The van der Waals surface area contributed by atoms with E-state index in [9.17, 15) is 8.42 Å². The monoisotopic (exact) mass is 382 g/mol. The molecule has 1 aliphatic heterocycles. The number of benzene rings is 2. The van der Waals surface area contributed by atoms with Crippen molar-refractivity contribution in [1.82, 2.24) is 0 Å². The largest absolute Gasteiger partial charge is 0.378 e. The van der Waals surface area contributed by atoms with Gasteiger partial charge in [-0.15, -0.1) is 11.3 Å². The number of fused-ring (bicyclic) bond motifs is 4. The molecule has 0 fully saturated rings. The molecule has 6 heteroatoms. The summed E-state index contributed by atoms with van der Waals surface area (Å²) in [5.41, 5.74) is 3.34. The lowest BCUT2D eigenvalue weighted by molar-refractivity contribution is 0.427. The second kappa shape index (κ2) is 5.67. The second-order valence-corrected chi connectivity index (χ2v) is 9.43. The van der Waals surface area contributed by atoms with E-state index in [1.165, 1.54) is 15.6 Å². The van der Waals surface area contributed by atoms with E-state index in [0.29, 0.717) is 5.92 Å². The van der Waals surface area contributed by atoms with Gasteiger partial charge in [0.25, 0.3) is 0 Å². The number of anilines is 1. The van der Waals surface area contributed by atoms with Gasteiger partial charge in [-0.3, -0.25) is 0 Å². The highest BCUT2D eigenvalue weighted by atomic mass is 32.2. The van der Waals surface area contributed by atoms with Crippen LogP contribution in [0.15, 0.2) is 64.9 Å². The van der Waals surface area contributed by atoms with Gasteiger partial charge >= 0.3 is 0 Å². The lowest BCUT2D eigenvalue weighted by Crippen LogP contribution is -2.29. The van der Waals surface area contributed by atoms with Gasteiger partial charge in [-0.05, 0) is 58.5 Å². The lowest BCUT2D eigenvalue weighted by Gasteiger charge is -2.37. The third kappa shape index (κ3) is 2.40. The molecule has 2 heterocycles. The van der Waals surface area contributed by atoms with Gasteiger partial charge in [0.05, 0.1) is 10.9 Å². The number of nitrogens with two attached hydrogens (primary N) is 1. The maximum absolute atomic E-state index is 11.7. The topological polar surface area (TPSA) is 72.2 Å². The van der Waals surface area contributed by atoms with Crippen LogP contribution in [0.4, 0.5) is 5.69 Å². The molecule has 4 nitrogen and oxygen atoms in total. The molecule has 5 rings (SSSR count). The van der Waals surface area contributed by atoms with Crippen LogP contribution in [-0.4, -0.2) is 8.42 Å². The molecule has 1 aromatic heterocycles. The quantitative estimate of drug-likeness (QED) is 0.646. The van der Waals surface area contributed by atoms with E-state index in [1.54, 1.807) is 23.5 Å². The minimum Gasteiger partial charge on any atom is -0.378 e. The predicted molar refractivity (Wildman–Crippen MR) is 106 cm³/mol. The van der Waals surface area contributed by atoms with E-state index >= 15 is 0 Å². The fraction of sp³-hybridized carbons (Fsp3) is 0.200. The van der Waals surface area contributed by atoms with Crippen LogP contribution in [0, 0.1) is 5.92 Å². The van der Waals surface area contributed by atoms with Crippen LogP contribution in [0.2, 0.25) is 0 Å². The summed E-state index contributed by atoms with van der Waals surface area (Å²) in [6.45, 7) is 0. The van der Waals surface area contributed by atoms with Crippen molar-refractivity contribution in [1.29, 1.82) is 0 Å². The summed E-state index contributed by atoms with van der Waals surface area (Å²) in [5.74, 6) is 0.577. The molecule has 0 spiro atoms. The number of hydrogen-bond donors (Lipinski definition) is 2. The van der Waals surface area contributed by atoms with Crippen molar-refractivity contribution in [3.8, 4) is 0 Å². The number of allylic oxidation sites excluding steroid dienone is 2. The van der Waals surface area contributed by atoms with Gasteiger partial charge in [0.1, 0.15) is 0 Å². The average molecular weight is 383 g/mol. The van der Waals surface area contributed by atoms with Gasteiger partial charge in [-0.1, -0.05) is 30.4 Å². The molecule has 3 N–H and O–H groups in total. The van der Waals surface area contributed by atoms with E-state index in [0.717, 1.165) is 17.7 Å². The van der Waals surface area contributed by atoms with Gasteiger partial charge in [-0.25, -0.2) is 13.6 Å². The van der Waals surface area contributed by atoms with Crippen molar-refractivity contribution in [2.45, 2.75) is 23.3 Å². The lowest BCUT2D eigenvalue weighted by atomic mass is 9.77. The molecule has 3 unspecified atom stereocenters. The SMILES string of the molecule is NS(=O)(=O)c1ccc2c(c1)C1C=CCC1C(c1csc3ccccc13)N2. The molecule has 3 atom stereocenters. The Bertz CT molecular complexity index is 1150. The van der Waals surface area contributed by atoms with E-state index in [1.807, 2.05) is 6.07 Å². The summed E-state index contributed by atoms with van der Waals surface area (Å²) >= 11 is 1.77. The van der Waals surface area contributed by atoms with Crippen molar-refractivity contribution in [3.05, 3.63) is 71.1 Å². The third-order valence-electron chi connectivity index (χ3n) is 5.51. The predicted octanol–water partition coefficient (Wildman–Crippen LogP) is 4.38. The summed E-state index contributed by atoms with van der Waals surface area (Å²) in [4.78, 5) is 0.177. The number of rotatable bonds is 2. The normalized spacial score (nSPS) is 24.3. The van der Waals surface area contributed by atoms with E-state index < -0.39 is 10.0 Å². The Kier molecular flexibility index (Phi) is 3.50. The van der Waals surface area contributed by atoms with Crippen LogP contribution in [0.25, 0.3) is 10.1 Å². The summed E-state index contributed by atoms with van der Waals surface area (Å²) in [5, 5.41) is 12.5. The molecule has 0 saturated heterocycles. The molecule has 26 heavy (non-hydrogen) atoms. The molecule has 0 bridgehead atoms. The van der Waals surface area contributed by atoms with Crippen molar-refractivity contribution >= 4 is 37.1 Å². The van der Waals surface area contributed by atoms with Gasteiger partial charge in [0, 0.05) is 16.3 Å². The Morgan fingerprint density at radius 3 is 2.81 bits per heavy atom. The highest BCUT2D eigenvalue weighted by molar-refractivity contribution is 7.89. The molecular weight excluding hydrogens is 364 g/mol. The molecule has 1 aliphatic carbocycles. The maximum atomic E-state index is 11.7. The zero-order valence-electron chi connectivity index (χ0n) is 13.9. The van der Waals surface area contributed by atoms with Gasteiger partial charge < -0.3 is 5.32 Å². The van der Waals surface area contributed by atoms with Crippen LogP contribution in [0.5, 0.6) is 0 Å². The Morgan fingerprint density at radius 1 is 1.12 bits per heavy atom. The number of sulfonamides is 1. The van der Waals surface area contributed by atoms with Crippen LogP contribution in [-0.2, 0) is 10.0 Å². The molecule has 2 aliphatic rings. The third-order valence-corrected chi connectivity index (χ3v) is 7.40. The summed E-state index contributed by atoms with van der Waals surface area (Å²) < 4.78 is 24.8. The standard InChI is InChI=1S/C20H18N2O2S2/c21-26(23,24)12-8-9-18-16(10-12)13-5-3-6-15(13)20(22-18)17-11-25-19-7-2-1-4-14(17)19/h1-5,7-11,13,15,20,22H,6H2,(H2,21,23,24). The Hall–Kier alpha value is -2.15. The van der Waals surface area contributed by atoms with Gasteiger partial charge in [0.15, 0.2) is 0 Å². The summed E-state index contributed by atoms with van der Waals surface area (Å²) in [7, 11) is -3.70. The zero-order chi connectivity index (χ0) is 17.9. The first-order valence-corrected chi connectivity index (χ1v) is 11.0. The molecule has 132 valence electrons. The number of primary sulfonamides is 1. The first kappa shape index (κ1) is 16.1. The first-order valence-electron chi connectivity index (χ1n) is 8.58. The Labute approximate surface area is 156 Å².